The molecule has 0 fully saturated rings. The van der Waals surface area contributed by atoms with Crippen LogP contribution in [0.2, 0.25) is 10.0 Å². The van der Waals surface area contributed by atoms with Gasteiger partial charge in [0, 0.05) is 21.7 Å². The van der Waals surface area contributed by atoms with Crippen LogP contribution in [0.25, 0.3) is 23.0 Å². The van der Waals surface area contributed by atoms with Gasteiger partial charge in [-0.2, -0.15) is 10.1 Å². The predicted octanol–water partition coefficient (Wildman–Crippen LogP) is 3.02. The number of nitrogens with zero attached hydrogens (tertiary/aromatic N) is 3. The third-order valence-corrected chi connectivity index (χ3v) is 2.81. The summed E-state index contributed by atoms with van der Waals surface area (Å²) in [6.45, 7) is 0. The fourth-order valence-corrected chi connectivity index (χ4v) is 2.11. The molecule has 3 aromatic rings. The molecule has 0 atom stereocenters. The second-order valence-corrected chi connectivity index (χ2v) is 4.66. The fourth-order valence-electron chi connectivity index (χ4n) is 1.58. The summed E-state index contributed by atoms with van der Waals surface area (Å²) in [5.41, 5.74) is 6.72. The van der Waals surface area contributed by atoms with Gasteiger partial charge in [-0.3, -0.25) is 5.10 Å². The van der Waals surface area contributed by atoms with E-state index < -0.39 is 0 Å². The van der Waals surface area contributed by atoms with Gasteiger partial charge >= 0.3 is 0 Å². The largest absolute Gasteiger partial charge is 0.382 e. The van der Waals surface area contributed by atoms with Gasteiger partial charge in [-0.1, -0.05) is 28.4 Å². The van der Waals surface area contributed by atoms with Crippen molar-refractivity contribution in [2.24, 2.45) is 0 Å². The molecular formula is C11H7Cl2N5O. The molecule has 2 aromatic heterocycles. The van der Waals surface area contributed by atoms with Crippen LogP contribution >= 0.6 is 23.2 Å². The van der Waals surface area contributed by atoms with Crippen LogP contribution < -0.4 is 5.73 Å². The minimum absolute atomic E-state index is 0.287. The quantitative estimate of drug-likeness (QED) is 0.758. The molecular weight excluding hydrogens is 289 g/mol. The van der Waals surface area contributed by atoms with E-state index in [1.165, 1.54) is 0 Å². The Morgan fingerprint density at radius 1 is 1.11 bits per heavy atom. The summed E-state index contributed by atoms with van der Waals surface area (Å²) in [6.07, 6.45) is 0. The maximum atomic E-state index is 5.92. The normalized spacial score (nSPS) is 10.8. The number of hydrogen-bond acceptors (Lipinski definition) is 5. The van der Waals surface area contributed by atoms with E-state index in [0.717, 1.165) is 0 Å². The summed E-state index contributed by atoms with van der Waals surface area (Å²) in [4.78, 5) is 4.22. The number of aromatic amines is 1. The number of halogens is 2. The number of nitrogens with one attached hydrogen (secondary N) is 1. The summed E-state index contributed by atoms with van der Waals surface area (Å²) >= 11 is 11.8. The molecule has 0 radical (unpaired) electrons. The average molecular weight is 296 g/mol. The first kappa shape index (κ1) is 12.0. The van der Waals surface area contributed by atoms with Gasteiger partial charge in [-0.25, -0.2) is 0 Å². The Kier molecular flexibility index (Phi) is 2.88. The average Bonchev–Trinajstić information content (AvgIpc) is 2.95. The highest BCUT2D eigenvalue weighted by atomic mass is 35.5. The van der Waals surface area contributed by atoms with Crippen molar-refractivity contribution in [3.05, 3.63) is 34.3 Å². The molecule has 1 aromatic carbocycles. The van der Waals surface area contributed by atoms with E-state index in [4.69, 9.17) is 33.5 Å². The zero-order chi connectivity index (χ0) is 13.4. The van der Waals surface area contributed by atoms with Crippen LogP contribution in [-0.2, 0) is 0 Å². The van der Waals surface area contributed by atoms with Crippen LogP contribution in [0.3, 0.4) is 0 Å². The molecule has 0 bridgehead atoms. The fraction of sp³-hybridized carbons (Fsp3) is 0. The number of nitrogen functional groups attached to an aromatic ring is 1. The lowest BCUT2D eigenvalue weighted by molar-refractivity contribution is 0.431. The van der Waals surface area contributed by atoms with Crippen molar-refractivity contribution in [3.63, 3.8) is 0 Å². The molecule has 0 aliphatic heterocycles. The van der Waals surface area contributed by atoms with Crippen molar-refractivity contribution in [1.29, 1.82) is 0 Å². The molecule has 0 saturated carbocycles. The molecule has 3 rings (SSSR count). The Labute approximate surface area is 117 Å². The van der Waals surface area contributed by atoms with Crippen molar-refractivity contribution >= 4 is 29.0 Å². The summed E-state index contributed by atoms with van der Waals surface area (Å²) in [5.74, 6) is 1.02. The summed E-state index contributed by atoms with van der Waals surface area (Å²) in [5, 5.41) is 11.3. The molecule has 96 valence electrons. The summed E-state index contributed by atoms with van der Waals surface area (Å²) in [7, 11) is 0. The smallest absolute Gasteiger partial charge is 0.276 e. The predicted molar refractivity (Wildman–Crippen MR) is 71.7 cm³/mol. The van der Waals surface area contributed by atoms with Gasteiger partial charge in [0.15, 0.2) is 0 Å². The van der Waals surface area contributed by atoms with E-state index in [-0.39, 0.29) is 5.89 Å². The van der Waals surface area contributed by atoms with Crippen LogP contribution in [0.5, 0.6) is 0 Å². The number of nitrogens with two attached hydrogens (primary N) is 1. The molecule has 0 spiro atoms. The minimum atomic E-state index is 0.287. The third kappa shape index (κ3) is 2.40. The lowest BCUT2D eigenvalue weighted by atomic mass is 10.2. The van der Waals surface area contributed by atoms with Gasteiger partial charge in [0.05, 0.1) is 0 Å². The highest BCUT2D eigenvalue weighted by molar-refractivity contribution is 6.35. The minimum Gasteiger partial charge on any atom is -0.382 e. The number of anilines is 1. The number of aromatic nitrogens is 4. The van der Waals surface area contributed by atoms with Gasteiger partial charge in [0.25, 0.3) is 5.89 Å². The first-order valence-corrected chi connectivity index (χ1v) is 5.99. The molecule has 0 aliphatic rings. The second-order valence-electron chi connectivity index (χ2n) is 3.79. The summed E-state index contributed by atoms with van der Waals surface area (Å²) < 4.78 is 5.12. The van der Waals surface area contributed by atoms with Crippen LogP contribution in [-0.4, -0.2) is 20.3 Å². The second kappa shape index (κ2) is 4.56. The number of rotatable bonds is 2. The standard InChI is InChI=1S/C11H7Cl2N5O/c12-6-1-5(2-7(13)3-6)10-15-11(19-18-10)8-4-9(14)17-16-8/h1-4H,(H3,14,16,17). The van der Waals surface area contributed by atoms with Crippen molar-refractivity contribution < 1.29 is 4.52 Å². The molecule has 2 heterocycles. The van der Waals surface area contributed by atoms with Crippen LogP contribution in [0.4, 0.5) is 5.82 Å². The molecule has 0 saturated heterocycles. The Bertz CT molecular complexity index is 716. The van der Waals surface area contributed by atoms with Gasteiger partial charge in [0.1, 0.15) is 11.5 Å². The van der Waals surface area contributed by atoms with E-state index in [9.17, 15) is 0 Å². The zero-order valence-electron chi connectivity index (χ0n) is 9.39. The molecule has 0 amide bonds. The molecule has 6 nitrogen and oxygen atoms in total. The molecule has 3 N–H and O–H groups in total. The van der Waals surface area contributed by atoms with Crippen LogP contribution in [0, 0.1) is 0 Å². The Hall–Kier alpha value is -2.05. The Balaban J connectivity index is 2.01. The maximum Gasteiger partial charge on any atom is 0.276 e. The van der Waals surface area contributed by atoms with Crippen molar-refractivity contribution in [2.75, 3.05) is 5.73 Å². The van der Waals surface area contributed by atoms with E-state index in [0.29, 0.717) is 32.9 Å². The maximum absolute atomic E-state index is 5.92. The number of H-pyrrole nitrogens is 1. The Morgan fingerprint density at radius 2 is 1.84 bits per heavy atom. The lowest BCUT2D eigenvalue weighted by Crippen LogP contribution is -1.82. The van der Waals surface area contributed by atoms with E-state index >= 15 is 0 Å². The molecule has 19 heavy (non-hydrogen) atoms. The van der Waals surface area contributed by atoms with Gasteiger partial charge in [0.2, 0.25) is 5.82 Å². The van der Waals surface area contributed by atoms with Gasteiger partial charge in [-0.15, -0.1) is 0 Å². The number of benzene rings is 1. The lowest BCUT2D eigenvalue weighted by Gasteiger charge is -1.96. The first-order valence-electron chi connectivity index (χ1n) is 5.23. The van der Waals surface area contributed by atoms with E-state index in [2.05, 4.69) is 20.3 Å². The van der Waals surface area contributed by atoms with Crippen molar-refractivity contribution in [3.8, 4) is 23.0 Å². The van der Waals surface area contributed by atoms with Crippen molar-refractivity contribution in [2.45, 2.75) is 0 Å². The molecule has 8 heteroatoms. The van der Waals surface area contributed by atoms with E-state index in [1.54, 1.807) is 24.3 Å². The van der Waals surface area contributed by atoms with Gasteiger partial charge < -0.3 is 10.3 Å². The van der Waals surface area contributed by atoms with Crippen molar-refractivity contribution in [1.82, 2.24) is 20.3 Å². The van der Waals surface area contributed by atoms with Gasteiger partial charge in [-0.05, 0) is 18.2 Å². The highest BCUT2D eigenvalue weighted by Gasteiger charge is 2.13. The summed E-state index contributed by atoms with van der Waals surface area (Å²) in [6, 6.07) is 6.62. The Morgan fingerprint density at radius 3 is 2.47 bits per heavy atom. The van der Waals surface area contributed by atoms with Crippen LogP contribution in [0.15, 0.2) is 28.8 Å². The molecule has 0 unspecified atom stereocenters. The third-order valence-electron chi connectivity index (χ3n) is 2.37. The molecule has 0 aliphatic carbocycles. The van der Waals surface area contributed by atoms with E-state index in [1.807, 2.05) is 0 Å². The topological polar surface area (TPSA) is 93.6 Å². The zero-order valence-corrected chi connectivity index (χ0v) is 10.9. The highest BCUT2D eigenvalue weighted by Crippen LogP contribution is 2.27. The SMILES string of the molecule is Nc1cc(-c2nc(-c3cc(Cl)cc(Cl)c3)no2)[nH]n1. The monoisotopic (exact) mass is 295 g/mol. The van der Waals surface area contributed by atoms with Crippen LogP contribution in [0.1, 0.15) is 0 Å². The first-order chi connectivity index (χ1) is 9.11. The number of hydrogen-bond donors (Lipinski definition) is 2.